The maximum Gasteiger partial charge on any atom is 0.270 e. The number of hydrogen-bond donors (Lipinski definition) is 2. The maximum atomic E-state index is 12.1. The Bertz CT molecular complexity index is 644. The lowest BCUT2D eigenvalue weighted by molar-refractivity contribution is -0.384. The minimum absolute atomic E-state index is 0.122. The summed E-state index contributed by atoms with van der Waals surface area (Å²) >= 11 is 1.96. The quantitative estimate of drug-likeness (QED) is 0.472. The van der Waals surface area contributed by atoms with E-state index in [4.69, 9.17) is 0 Å². The molecule has 0 fully saturated rings. The first-order valence-electron chi connectivity index (χ1n) is 5.59. The molecular weight excluding hydrogens is 377 g/mol. The number of nitrogens with one attached hydrogen (secondary N) is 2. The fourth-order valence-electron chi connectivity index (χ4n) is 1.57. The highest BCUT2D eigenvalue weighted by Gasteiger charge is 2.18. The number of nitro benzene ring substituents is 1. The SMILES string of the molecule is CC(NC(=O)c1cc([N+](=O)[O-])ccc1I)c1ncn[nH]1. The van der Waals surface area contributed by atoms with E-state index < -0.39 is 10.8 Å². The Balaban J connectivity index is 2.20. The molecule has 2 aromatic rings. The number of hydrogen-bond acceptors (Lipinski definition) is 5. The van der Waals surface area contributed by atoms with E-state index in [1.807, 2.05) is 22.6 Å². The minimum atomic E-state index is -0.535. The average Bonchev–Trinajstić information content (AvgIpc) is 2.92. The molecule has 1 atom stereocenters. The molecule has 9 heteroatoms. The standard InChI is InChI=1S/C11H10IN5O3/c1-6(10-13-5-14-16-10)15-11(18)8-4-7(17(19)20)2-3-9(8)12/h2-6H,1H3,(H,15,18)(H,13,14,16). The number of halogens is 1. The number of benzene rings is 1. The van der Waals surface area contributed by atoms with Crippen molar-refractivity contribution in [1.29, 1.82) is 0 Å². The van der Waals surface area contributed by atoms with Crippen LogP contribution in [0.15, 0.2) is 24.5 Å². The molecule has 0 spiro atoms. The first kappa shape index (κ1) is 14.4. The Morgan fingerprint density at radius 1 is 1.55 bits per heavy atom. The monoisotopic (exact) mass is 387 g/mol. The molecule has 0 aliphatic rings. The summed E-state index contributed by atoms with van der Waals surface area (Å²) in [6.07, 6.45) is 1.34. The van der Waals surface area contributed by atoms with Crippen molar-refractivity contribution in [2.24, 2.45) is 0 Å². The molecule has 1 unspecified atom stereocenters. The van der Waals surface area contributed by atoms with E-state index in [2.05, 4.69) is 20.5 Å². The van der Waals surface area contributed by atoms with Crippen molar-refractivity contribution in [1.82, 2.24) is 20.5 Å². The molecule has 1 aromatic heterocycles. The highest BCUT2D eigenvalue weighted by molar-refractivity contribution is 14.1. The number of amides is 1. The highest BCUT2D eigenvalue weighted by Crippen LogP contribution is 2.20. The molecular formula is C11H10IN5O3. The zero-order valence-electron chi connectivity index (χ0n) is 10.3. The smallest absolute Gasteiger partial charge is 0.270 e. The number of nitrogens with zero attached hydrogens (tertiary/aromatic N) is 3. The van der Waals surface area contributed by atoms with Gasteiger partial charge in [0.15, 0.2) is 0 Å². The van der Waals surface area contributed by atoms with E-state index in [1.54, 1.807) is 6.92 Å². The lowest BCUT2D eigenvalue weighted by Gasteiger charge is -2.11. The lowest BCUT2D eigenvalue weighted by atomic mass is 10.1. The molecule has 104 valence electrons. The number of H-pyrrole nitrogens is 1. The molecule has 0 aliphatic carbocycles. The van der Waals surface area contributed by atoms with Gasteiger partial charge in [0.05, 0.1) is 16.5 Å². The Kier molecular flexibility index (Phi) is 4.27. The number of nitro groups is 1. The van der Waals surface area contributed by atoms with E-state index in [9.17, 15) is 14.9 Å². The molecule has 2 rings (SSSR count). The average molecular weight is 387 g/mol. The maximum absolute atomic E-state index is 12.1. The number of aromatic amines is 1. The van der Waals surface area contributed by atoms with Crippen LogP contribution in [0.25, 0.3) is 0 Å². The summed E-state index contributed by atoms with van der Waals surface area (Å²) in [7, 11) is 0. The van der Waals surface area contributed by atoms with Crippen molar-refractivity contribution in [2.75, 3.05) is 0 Å². The van der Waals surface area contributed by atoms with Gasteiger partial charge in [-0.2, -0.15) is 5.10 Å². The van der Waals surface area contributed by atoms with Crippen LogP contribution in [0.3, 0.4) is 0 Å². The van der Waals surface area contributed by atoms with E-state index in [0.717, 1.165) is 0 Å². The molecule has 0 bridgehead atoms. The van der Waals surface area contributed by atoms with Gasteiger partial charge in [-0.25, -0.2) is 4.98 Å². The van der Waals surface area contributed by atoms with Crippen molar-refractivity contribution in [2.45, 2.75) is 13.0 Å². The van der Waals surface area contributed by atoms with Gasteiger partial charge in [0.25, 0.3) is 11.6 Å². The van der Waals surface area contributed by atoms with Gasteiger partial charge in [-0.15, -0.1) is 0 Å². The van der Waals surface area contributed by atoms with Gasteiger partial charge in [-0.3, -0.25) is 20.0 Å². The normalized spacial score (nSPS) is 11.9. The van der Waals surface area contributed by atoms with Crippen LogP contribution in [0, 0.1) is 13.7 Å². The molecule has 0 aliphatic heterocycles. The number of rotatable bonds is 4. The Hall–Kier alpha value is -2.04. The minimum Gasteiger partial charge on any atom is -0.342 e. The van der Waals surface area contributed by atoms with Crippen molar-refractivity contribution in [3.8, 4) is 0 Å². The van der Waals surface area contributed by atoms with E-state index in [-0.39, 0.29) is 17.3 Å². The molecule has 8 nitrogen and oxygen atoms in total. The van der Waals surface area contributed by atoms with Gasteiger partial charge in [0.2, 0.25) is 0 Å². The summed E-state index contributed by atoms with van der Waals surface area (Å²) in [5.41, 5.74) is 0.133. The second-order valence-electron chi connectivity index (χ2n) is 3.99. The summed E-state index contributed by atoms with van der Waals surface area (Å²) in [5.74, 6) is 0.112. The van der Waals surface area contributed by atoms with Gasteiger partial charge in [0, 0.05) is 15.7 Å². The number of carbonyl (C=O) groups is 1. The fraction of sp³-hybridized carbons (Fsp3) is 0.182. The van der Waals surface area contributed by atoms with Crippen molar-refractivity contribution < 1.29 is 9.72 Å². The van der Waals surface area contributed by atoms with Crippen LogP contribution in [-0.4, -0.2) is 26.0 Å². The molecule has 1 amide bonds. The van der Waals surface area contributed by atoms with Gasteiger partial charge in [-0.1, -0.05) is 0 Å². The van der Waals surface area contributed by atoms with Crippen LogP contribution in [0.2, 0.25) is 0 Å². The summed E-state index contributed by atoms with van der Waals surface area (Å²) in [6.45, 7) is 1.74. The molecule has 0 radical (unpaired) electrons. The third-order valence-electron chi connectivity index (χ3n) is 2.60. The Morgan fingerprint density at radius 3 is 2.90 bits per heavy atom. The first-order valence-corrected chi connectivity index (χ1v) is 6.67. The number of non-ortho nitro benzene ring substituents is 1. The summed E-state index contributed by atoms with van der Waals surface area (Å²) in [4.78, 5) is 26.3. The first-order chi connectivity index (χ1) is 9.49. The van der Waals surface area contributed by atoms with Gasteiger partial charge in [0.1, 0.15) is 12.2 Å². The summed E-state index contributed by atoms with van der Waals surface area (Å²) in [6, 6.07) is 3.77. The molecule has 1 aromatic carbocycles. The van der Waals surface area contributed by atoms with Crippen molar-refractivity contribution in [3.05, 3.63) is 49.6 Å². The molecule has 1 heterocycles. The van der Waals surface area contributed by atoms with Crippen molar-refractivity contribution in [3.63, 3.8) is 0 Å². The van der Waals surface area contributed by atoms with Gasteiger partial charge >= 0.3 is 0 Å². The second-order valence-corrected chi connectivity index (χ2v) is 5.15. The Labute approximate surface area is 127 Å². The van der Waals surface area contributed by atoms with Crippen LogP contribution < -0.4 is 5.32 Å². The molecule has 2 N–H and O–H groups in total. The zero-order valence-corrected chi connectivity index (χ0v) is 12.5. The van der Waals surface area contributed by atoms with Crippen LogP contribution in [0.4, 0.5) is 5.69 Å². The van der Waals surface area contributed by atoms with Crippen molar-refractivity contribution >= 4 is 34.2 Å². The number of carbonyl (C=O) groups excluding carboxylic acids is 1. The molecule has 0 saturated heterocycles. The molecule has 0 saturated carbocycles. The third-order valence-corrected chi connectivity index (χ3v) is 3.54. The van der Waals surface area contributed by atoms with E-state index in [1.165, 1.54) is 24.5 Å². The predicted molar refractivity (Wildman–Crippen MR) is 78.1 cm³/mol. The lowest BCUT2D eigenvalue weighted by Crippen LogP contribution is -2.28. The topological polar surface area (TPSA) is 114 Å². The zero-order chi connectivity index (χ0) is 14.7. The third kappa shape index (κ3) is 3.10. The van der Waals surface area contributed by atoms with Crippen LogP contribution in [-0.2, 0) is 0 Å². The summed E-state index contributed by atoms with van der Waals surface area (Å²) < 4.78 is 0.635. The largest absolute Gasteiger partial charge is 0.342 e. The highest BCUT2D eigenvalue weighted by atomic mass is 127. The van der Waals surface area contributed by atoms with Crippen LogP contribution >= 0.6 is 22.6 Å². The molecule has 20 heavy (non-hydrogen) atoms. The Morgan fingerprint density at radius 2 is 2.30 bits per heavy atom. The number of aromatic nitrogens is 3. The van der Waals surface area contributed by atoms with Gasteiger partial charge in [-0.05, 0) is 35.6 Å². The van der Waals surface area contributed by atoms with Crippen LogP contribution in [0.5, 0.6) is 0 Å². The second kappa shape index (κ2) is 5.94. The van der Waals surface area contributed by atoms with E-state index in [0.29, 0.717) is 9.39 Å². The van der Waals surface area contributed by atoms with Crippen LogP contribution in [0.1, 0.15) is 29.1 Å². The summed E-state index contributed by atoms with van der Waals surface area (Å²) in [5, 5.41) is 19.8. The van der Waals surface area contributed by atoms with E-state index >= 15 is 0 Å². The van der Waals surface area contributed by atoms with Gasteiger partial charge < -0.3 is 5.32 Å². The predicted octanol–water partition coefficient (Wildman–Crippen LogP) is 1.81. The fourth-order valence-corrected chi connectivity index (χ4v) is 2.15.